The average Bonchev–Trinajstić information content (AvgIpc) is 2.71. The Morgan fingerprint density at radius 3 is 2.32 bits per heavy atom. The lowest BCUT2D eigenvalue weighted by Gasteiger charge is -2.47. The maximum Gasteiger partial charge on any atom is 0.304 e. The molecule has 1 aliphatic rings. The zero-order chi connectivity index (χ0) is 22.7. The van der Waals surface area contributed by atoms with E-state index < -0.39 is 24.0 Å². The summed E-state index contributed by atoms with van der Waals surface area (Å²) in [5, 5.41) is 10.5. The number of Topliss-reactive ketones (excluding diaryl/α,β-unsaturated/α-hetero) is 1. The molecule has 1 aliphatic heterocycles. The van der Waals surface area contributed by atoms with Gasteiger partial charge in [-0.2, -0.15) is 0 Å². The van der Waals surface area contributed by atoms with Crippen LogP contribution in [-0.4, -0.2) is 33.7 Å². The monoisotopic (exact) mass is 461 g/mol. The molecule has 31 heavy (non-hydrogen) atoms. The Morgan fingerprint density at radius 2 is 1.77 bits per heavy atom. The fourth-order valence-corrected chi connectivity index (χ4v) is 4.92. The molecular weight excluding hydrogens is 437 g/mol. The standard InChI is InChI=1S/C24H25Cl2NO4/c1-3-21(14(2)28)27-23(15-7-9-18(25)10-8-15)20(16-5-4-6-19(26)11-16)12-17(24(27)31)13-22(29)30/h4-11,17,20-21,23H,3,12-13H2,1-2H3,(H,29,30)/t17-,20?,21+,23-/m1/s1. The highest BCUT2D eigenvalue weighted by molar-refractivity contribution is 6.30. The van der Waals surface area contributed by atoms with Gasteiger partial charge < -0.3 is 10.0 Å². The minimum Gasteiger partial charge on any atom is -0.481 e. The number of likely N-dealkylation sites (tertiary alicyclic amines) is 1. The fraction of sp³-hybridized carbons (Fsp3) is 0.375. The summed E-state index contributed by atoms with van der Waals surface area (Å²) in [7, 11) is 0. The van der Waals surface area contributed by atoms with E-state index >= 15 is 0 Å². The molecular formula is C24H25Cl2NO4. The number of aliphatic carboxylic acids is 1. The second-order valence-corrected chi connectivity index (χ2v) is 8.84. The number of halogens is 2. The van der Waals surface area contributed by atoms with E-state index in [-0.39, 0.29) is 24.0 Å². The van der Waals surface area contributed by atoms with E-state index in [2.05, 4.69) is 0 Å². The lowest BCUT2D eigenvalue weighted by atomic mass is 9.74. The van der Waals surface area contributed by atoms with Gasteiger partial charge in [-0.05, 0) is 55.2 Å². The first kappa shape index (κ1) is 23.3. The molecule has 1 fully saturated rings. The van der Waals surface area contributed by atoms with Gasteiger partial charge in [-0.25, -0.2) is 0 Å². The largest absolute Gasteiger partial charge is 0.481 e. The van der Waals surface area contributed by atoms with Gasteiger partial charge in [0.15, 0.2) is 5.78 Å². The molecule has 5 nitrogen and oxygen atoms in total. The number of hydrogen-bond acceptors (Lipinski definition) is 3. The number of nitrogens with zero attached hydrogens (tertiary/aromatic N) is 1. The summed E-state index contributed by atoms with van der Waals surface area (Å²) in [5.74, 6) is -2.42. The van der Waals surface area contributed by atoms with E-state index in [0.717, 1.165) is 11.1 Å². The van der Waals surface area contributed by atoms with Crippen LogP contribution in [0.5, 0.6) is 0 Å². The topological polar surface area (TPSA) is 74.7 Å². The first-order valence-corrected chi connectivity index (χ1v) is 11.0. The summed E-state index contributed by atoms with van der Waals surface area (Å²) in [6.45, 7) is 3.32. The van der Waals surface area contributed by atoms with Crippen molar-refractivity contribution in [2.24, 2.45) is 5.92 Å². The summed E-state index contributed by atoms with van der Waals surface area (Å²) >= 11 is 12.4. The van der Waals surface area contributed by atoms with Crippen LogP contribution in [0.4, 0.5) is 0 Å². The SMILES string of the molecule is CC[C@@H](C(C)=O)N1C(=O)[C@@H](CC(=O)O)CC(c2cccc(Cl)c2)[C@H]1c1ccc(Cl)cc1. The van der Waals surface area contributed by atoms with Gasteiger partial charge in [0.05, 0.1) is 18.5 Å². The number of benzene rings is 2. The third kappa shape index (κ3) is 5.10. The van der Waals surface area contributed by atoms with Crippen LogP contribution < -0.4 is 0 Å². The number of carboxylic acids is 1. The van der Waals surface area contributed by atoms with E-state index in [9.17, 15) is 19.5 Å². The van der Waals surface area contributed by atoms with Crippen LogP contribution in [0.1, 0.15) is 56.2 Å². The van der Waals surface area contributed by atoms with Crippen molar-refractivity contribution >= 4 is 40.9 Å². The molecule has 1 amide bonds. The maximum atomic E-state index is 13.5. The van der Waals surface area contributed by atoms with Gasteiger partial charge in [0, 0.05) is 21.9 Å². The second kappa shape index (κ2) is 9.84. The van der Waals surface area contributed by atoms with Crippen molar-refractivity contribution in [1.82, 2.24) is 4.90 Å². The second-order valence-electron chi connectivity index (χ2n) is 7.97. The van der Waals surface area contributed by atoms with Gasteiger partial charge in [-0.3, -0.25) is 14.4 Å². The van der Waals surface area contributed by atoms with Crippen molar-refractivity contribution in [3.05, 3.63) is 69.7 Å². The van der Waals surface area contributed by atoms with Gasteiger partial charge in [-0.1, -0.05) is 54.4 Å². The van der Waals surface area contributed by atoms with E-state index in [1.807, 2.05) is 37.3 Å². The predicted molar refractivity (Wildman–Crippen MR) is 120 cm³/mol. The molecule has 0 spiro atoms. The number of hydrogen-bond donors (Lipinski definition) is 1. The molecule has 3 rings (SSSR count). The van der Waals surface area contributed by atoms with Gasteiger partial charge in [0.25, 0.3) is 0 Å². The lowest BCUT2D eigenvalue weighted by Crippen LogP contribution is -2.54. The smallest absolute Gasteiger partial charge is 0.304 e. The van der Waals surface area contributed by atoms with Crippen molar-refractivity contribution in [2.75, 3.05) is 0 Å². The van der Waals surface area contributed by atoms with Gasteiger partial charge in [0.1, 0.15) is 0 Å². The minimum absolute atomic E-state index is 0.129. The van der Waals surface area contributed by atoms with Crippen molar-refractivity contribution in [3.63, 3.8) is 0 Å². The molecule has 7 heteroatoms. The summed E-state index contributed by atoms with van der Waals surface area (Å²) in [6, 6.07) is 13.5. The summed E-state index contributed by atoms with van der Waals surface area (Å²) in [6.07, 6.45) is 0.505. The fourth-order valence-electron chi connectivity index (χ4n) is 4.60. The predicted octanol–water partition coefficient (Wildman–Crippen LogP) is 5.51. The lowest BCUT2D eigenvalue weighted by molar-refractivity contribution is -0.154. The number of ketones is 1. The highest BCUT2D eigenvalue weighted by Gasteiger charge is 2.46. The van der Waals surface area contributed by atoms with E-state index in [4.69, 9.17) is 23.2 Å². The maximum absolute atomic E-state index is 13.5. The molecule has 0 radical (unpaired) electrons. The first-order valence-electron chi connectivity index (χ1n) is 10.3. The molecule has 1 heterocycles. The molecule has 2 aromatic rings. The van der Waals surface area contributed by atoms with Crippen LogP contribution in [0.2, 0.25) is 10.0 Å². The number of amides is 1. The third-order valence-electron chi connectivity index (χ3n) is 5.92. The highest BCUT2D eigenvalue weighted by Crippen LogP contribution is 2.47. The van der Waals surface area contributed by atoms with Gasteiger partial charge in [0.2, 0.25) is 5.91 Å². The van der Waals surface area contributed by atoms with Crippen molar-refractivity contribution in [3.8, 4) is 0 Å². The van der Waals surface area contributed by atoms with Crippen LogP contribution in [0.3, 0.4) is 0 Å². The normalized spacial score (nSPS) is 22.3. The molecule has 4 atom stereocenters. The van der Waals surface area contributed by atoms with Crippen molar-refractivity contribution in [2.45, 2.75) is 51.1 Å². The molecule has 0 aliphatic carbocycles. The number of carbonyl (C=O) groups excluding carboxylic acids is 2. The Kier molecular flexibility index (Phi) is 7.39. The molecule has 0 saturated carbocycles. The summed E-state index contributed by atoms with van der Waals surface area (Å²) < 4.78 is 0. The van der Waals surface area contributed by atoms with Crippen molar-refractivity contribution in [1.29, 1.82) is 0 Å². The van der Waals surface area contributed by atoms with Gasteiger partial charge >= 0.3 is 5.97 Å². The van der Waals surface area contributed by atoms with E-state index in [1.54, 1.807) is 23.1 Å². The number of rotatable bonds is 7. The molecule has 1 unspecified atom stereocenters. The molecule has 0 aromatic heterocycles. The Labute approximate surface area is 192 Å². The summed E-state index contributed by atoms with van der Waals surface area (Å²) in [4.78, 5) is 39.2. The Hall–Kier alpha value is -2.37. The summed E-state index contributed by atoms with van der Waals surface area (Å²) in [5.41, 5.74) is 1.75. The zero-order valence-electron chi connectivity index (χ0n) is 17.4. The van der Waals surface area contributed by atoms with E-state index in [1.165, 1.54) is 6.92 Å². The van der Waals surface area contributed by atoms with Crippen LogP contribution >= 0.6 is 23.2 Å². The zero-order valence-corrected chi connectivity index (χ0v) is 18.9. The quantitative estimate of drug-likeness (QED) is 0.589. The Balaban J connectivity index is 2.20. The molecule has 2 aromatic carbocycles. The Bertz CT molecular complexity index is 976. The van der Waals surface area contributed by atoms with Crippen molar-refractivity contribution < 1.29 is 19.5 Å². The molecule has 1 N–H and O–H groups in total. The van der Waals surface area contributed by atoms with Crippen LogP contribution in [0.15, 0.2) is 48.5 Å². The van der Waals surface area contributed by atoms with Gasteiger partial charge in [-0.15, -0.1) is 0 Å². The minimum atomic E-state index is -1.04. The first-order chi connectivity index (χ1) is 14.7. The van der Waals surface area contributed by atoms with Crippen LogP contribution in [0.25, 0.3) is 0 Å². The number of carboxylic acid groups (broad SMARTS) is 1. The number of piperidine rings is 1. The molecule has 0 bridgehead atoms. The van der Waals surface area contributed by atoms with E-state index in [0.29, 0.717) is 22.9 Å². The van der Waals surface area contributed by atoms with Crippen LogP contribution in [-0.2, 0) is 14.4 Å². The average molecular weight is 462 g/mol. The molecule has 1 saturated heterocycles. The number of carbonyl (C=O) groups is 3. The third-order valence-corrected chi connectivity index (χ3v) is 6.41. The molecule has 164 valence electrons. The highest BCUT2D eigenvalue weighted by atomic mass is 35.5. The van der Waals surface area contributed by atoms with Crippen LogP contribution in [0, 0.1) is 5.92 Å². The Morgan fingerprint density at radius 1 is 1.10 bits per heavy atom.